The van der Waals surface area contributed by atoms with E-state index in [0.29, 0.717) is 10.0 Å². The van der Waals surface area contributed by atoms with Crippen molar-refractivity contribution in [2.75, 3.05) is 5.32 Å². The second kappa shape index (κ2) is 5.68. The third-order valence-electron chi connectivity index (χ3n) is 3.20. The van der Waals surface area contributed by atoms with Gasteiger partial charge in [0.05, 0.1) is 0 Å². The van der Waals surface area contributed by atoms with Gasteiger partial charge in [0.1, 0.15) is 4.99 Å². The first kappa shape index (κ1) is 13.8. The Labute approximate surface area is 132 Å². The van der Waals surface area contributed by atoms with Gasteiger partial charge in [0, 0.05) is 39.7 Å². The molecular formula is C16H12ClN3S. The van der Waals surface area contributed by atoms with Crippen LogP contribution in [0.15, 0.2) is 54.9 Å². The highest BCUT2D eigenvalue weighted by atomic mass is 35.5. The van der Waals surface area contributed by atoms with E-state index in [1.807, 2.05) is 36.5 Å². The maximum atomic E-state index is 6.01. The Hall–Kier alpha value is -2.17. The molecule has 1 heterocycles. The van der Waals surface area contributed by atoms with Crippen molar-refractivity contribution in [2.45, 2.75) is 0 Å². The number of rotatable bonds is 3. The van der Waals surface area contributed by atoms with E-state index in [2.05, 4.69) is 10.3 Å². The number of halogens is 1. The maximum absolute atomic E-state index is 6.01. The molecule has 0 saturated carbocycles. The molecule has 0 aliphatic heterocycles. The van der Waals surface area contributed by atoms with Crippen LogP contribution < -0.4 is 11.1 Å². The van der Waals surface area contributed by atoms with Gasteiger partial charge in [-0.15, -0.1) is 0 Å². The fourth-order valence-corrected chi connectivity index (χ4v) is 2.54. The summed E-state index contributed by atoms with van der Waals surface area (Å²) in [4.78, 5) is 4.48. The Bertz CT molecular complexity index is 827. The summed E-state index contributed by atoms with van der Waals surface area (Å²) in [7, 11) is 0. The van der Waals surface area contributed by atoms with Crippen molar-refractivity contribution in [1.82, 2.24) is 4.98 Å². The molecule has 3 N–H and O–H groups in total. The number of thiocarbonyl (C=S) groups is 1. The molecule has 0 fully saturated rings. The lowest BCUT2D eigenvalue weighted by Crippen LogP contribution is -2.12. The number of fused-ring (bicyclic) bond motifs is 1. The molecule has 2 aromatic carbocycles. The van der Waals surface area contributed by atoms with Crippen molar-refractivity contribution in [3.05, 3.63) is 65.4 Å². The molecule has 0 bridgehead atoms. The van der Waals surface area contributed by atoms with Crippen LogP contribution in [0.2, 0.25) is 5.02 Å². The normalized spacial score (nSPS) is 10.5. The summed E-state index contributed by atoms with van der Waals surface area (Å²) in [6.45, 7) is 0. The van der Waals surface area contributed by atoms with Crippen LogP contribution in [0.5, 0.6) is 0 Å². The van der Waals surface area contributed by atoms with Crippen molar-refractivity contribution in [3.8, 4) is 0 Å². The SMILES string of the molecule is NC(=S)c1cc(Cl)ccc1Nc1cccc2ccncc12. The summed E-state index contributed by atoms with van der Waals surface area (Å²) < 4.78 is 0. The van der Waals surface area contributed by atoms with E-state index in [1.165, 1.54) is 0 Å². The fourth-order valence-electron chi connectivity index (χ4n) is 2.20. The Kier molecular flexibility index (Phi) is 3.73. The van der Waals surface area contributed by atoms with Crippen LogP contribution in [-0.4, -0.2) is 9.97 Å². The van der Waals surface area contributed by atoms with Crippen molar-refractivity contribution >= 4 is 51.0 Å². The average molecular weight is 314 g/mol. The standard InChI is InChI=1S/C16H12ClN3S/c17-11-4-5-15(12(8-11)16(18)21)20-14-3-1-2-10-6-7-19-9-13(10)14/h1-9,20H,(H2,18,21). The summed E-state index contributed by atoms with van der Waals surface area (Å²) in [5.74, 6) is 0. The van der Waals surface area contributed by atoms with Gasteiger partial charge in [-0.25, -0.2) is 0 Å². The molecule has 3 aromatic rings. The lowest BCUT2D eigenvalue weighted by molar-refractivity contribution is 1.36. The van der Waals surface area contributed by atoms with E-state index in [4.69, 9.17) is 29.6 Å². The molecule has 0 amide bonds. The van der Waals surface area contributed by atoms with Crippen LogP contribution in [0.1, 0.15) is 5.56 Å². The molecule has 5 heteroatoms. The van der Waals surface area contributed by atoms with Crippen molar-refractivity contribution in [2.24, 2.45) is 5.73 Å². The van der Waals surface area contributed by atoms with Gasteiger partial charge in [-0.3, -0.25) is 4.98 Å². The minimum atomic E-state index is 0.304. The quantitative estimate of drug-likeness (QED) is 0.709. The van der Waals surface area contributed by atoms with Gasteiger partial charge in [-0.05, 0) is 35.7 Å². The number of aromatic nitrogens is 1. The highest BCUT2D eigenvalue weighted by molar-refractivity contribution is 7.80. The minimum absolute atomic E-state index is 0.304. The number of benzene rings is 2. The van der Waals surface area contributed by atoms with Gasteiger partial charge in [-0.1, -0.05) is 36.0 Å². The number of hydrogen-bond donors (Lipinski definition) is 2. The zero-order valence-corrected chi connectivity index (χ0v) is 12.6. The van der Waals surface area contributed by atoms with Gasteiger partial charge in [0.25, 0.3) is 0 Å². The van der Waals surface area contributed by atoms with Crippen LogP contribution in [0.25, 0.3) is 10.8 Å². The second-order valence-corrected chi connectivity index (χ2v) is 5.46. The van der Waals surface area contributed by atoms with Crippen LogP contribution in [0, 0.1) is 0 Å². The summed E-state index contributed by atoms with van der Waals surface area (Å²) in [6.07, 6.45) is 3.60. The molecule has 0 atom stereocenters. The van der Waals surface area contributed by atoms with E-state index in [1.54, 1.807) is 18.3 Å². The zero-order chi connectivity index (χ0) is 14.8. The van der Waals surface area contributed by atoms with Crippen molar-refractivity contribution in [1.29, 1.82) is 0 Å². The molecule has 0 aliphatic carbocycles. The van der Waals surface area contributed by atoms with Gasteiger partial charge >= 0.3 is 0 Å². The largest absolute Gasteiger partial charge is 0.389 e. The fraction of sp³-hybridized carbons (Fsp3) is 0. The zero-order valence-electron chi connectivity index (χ0n) is 11.0. The number of hydrogen-bond acceptors (Lipinski definition) is 3. The topological polar surface area (TPSA) is 50.9 Å². The molecular weight excluding hydrogens is 302 g/mol. The van der Waals surface area contributed by atoms with Crippen LogP contribution in [0.4, 0.5) is 11.4 Å². The third-order valence-corrected chi connectivity index (χ3v) is 3.66. The van der Waals surface area contributed by atoms with Gasteiger partial charge in [0.2, 0.25) is 0 Å². The summed E-state index contributed by atoms with van der Waals surface area (Å²) in [5, 5.41) is 6.10. The molecule has 3 rings (SSSR count). The van der Waals surface area contributed by atoms with Crippen molar-refractivity contribution < 1.29 is 0 Å². The van der Waals surface area contributed by atoms with E-state index >= 15 is 0 Å². The Balaban J connectivity index is 2.09. The average Bonchev–Trinajstić information content (AvgIpc) is 2.49. The predicted molar refractivity (Wildman–Crippen MR) is 92.4 cm³/mol. The third kappa shape index (κ3) is 2.82. The Morgan fingerprint density at radius 1 is 1.14 bits per heavy atom. The Morgan fingerprint density at radius 2 is 2.00 bits per heavy atom. The number of nitrogens with two attached hydrogens (primary N) is 1. The van der Waals surface area contributed by atoms with Gasteiger partial charge in [0.15, 0.2) is 0 Å². The summed E-state index contributed by atoms with van der Waals surface area (Å²) in [5.41, 5.74) is 8.26. The number of nitrogens with zero attached hydrogens (tertiary/aromatic N) is 1. The van der Waals surface area contributed by atoms with E-state index in [0.717, 1.165) is 27.7 Å². The first-order valence-electron chi connectivity index (χ1n) is 6.34. The molecule has 0 radical (unpaired) electrons. The van der Waals surface area contributed by atoms with E-state index in [9.17, 15) is 0 Å². The lowest BCUT2D eigenvalue weighted by Gasteiger charge is -2.13. The molecule has 104 valence electrons. The minimum Gasteiger partial charge on any atom is -0.389 e. The molecule has 0 unspecified atom stereocenters. The highest BCUT2D eigenvalue weighted by Crippen LogP contribution is 2.28. The lowest BCUT2D eigenvalue weighted by atomic mass is 10.1. The van der Waals surface area contributed by atoms with Crippen molar-refractivity contribution in [3.63, 3.8) is 0 Å². The monoisotopic (exact) mass is 313 g/mol. The number of nitrogens with one attached hydrogen (secondary N) is 1. The smallest absolute Gasteiger partial charge is 0.106 e. The summed E-state index contributed by atoms with van der Waals surface area (Å²) >= 11 is 11.1. The second-order valence-electron chi connectivity index (χ2n) is 4.58. The first-order valence-corrected chi connectivity index (χ1v) is 7.13. The van der Waals surface area contributed by atoms with Crippen LogP contribution in [-0.2, 0) is 0 Å². The molecule has 1 aromatic heterocycles. The van der Waals surface area contributed by atoms with Gasteiger partial charge in [-0.2, -0.15) is 0 Å². The Morgan fingerprint density at radius 3 is 2.81 bits per heavy atom. The van der Waals surface area contributed by atoms with Gasteiger partial charge < -0.3 is 11.1 Å². The number of anilines is 2. The number of pyridine rings is 1. The summed E-state index contributed by atoms with van der Waals surface area (Å²) in [6, 6.07) is 13.4. The molecule has 0 aliphatic rings. The molecule has 21 heavy (non-hydrogen) atoms. The first-order chi connectivity index (χ1) is 10.1. The highest BCUT2D eigenvalue weighted by Gasteiger charge is 2.08. The van der Waals surface area contributed by atoms with Crippen LogP contribution in [0.3, 0.4) is 0 Å². The molecule has 3 nitrogen and oxygen atoms in total. The maximum Gasteiger partial charge on any atom is 0.106 e. The molecule has 0 spiro atoms. The van der Waals surface area contributed by atoms with E-state index in [-0.39, 0.29) is 0 Å². The van der Waals surface area contributed by atoms with Crippen LogP contribution >= 0.6 is 23.8 Å². The predicted octanol–water partition coefficient (Wildman–Crippen LogP) is 4.27. The van der Waals surface area contributed by atoms with E-state index < -0.39 is 0 Å². The molecule has 0 saturated heterocycles.